The summed E-state index contributed by atoms with van der Waals surface area (Å²) >= 11 is 0. The molecule has 90 valence electrons. The number of hydrogen-bond donors (Lipinski definition) is 1. The maximum absolute atomic E-state index is 10.6. The molecule has 0 saturated heterocycles. The largest absolute Gasteiger partial charge is 0.481 e. The molecule has 17 heavy (non-hydrogen) atoms. The summed E-state index contributed by atoms with van der Waals surface area (Å²) in [6.07, 6.45) is 2.03. The van der Waals surface area contributed by atoms with E-state index in [1.165, 1.54) is 0 Å². The van der Waals surface area contributed by atoms with E-state index in [1.54, 1.807) is 0 Å². The molecular weight excluding hydrogens is 216 g/mol. The molecule has 4 heteroatoms. The van der Waals surface area contributed by atoms with Crippen LogP contribution in [0, 0.1) is 5.92 Å². The molecule has 0 aliphatic heterocycles. The Kier molecular flexibility index (Phi) is 3.13. The standard InChI is InChI=1S/C13H16N2O2/c1-9(2)7-15-8-11-5-10(6-13(16)17)3-4-12(11)14-15/h3-5,8-9H,6-7H2,1-2H3,(H,16,17). The second kappa shape index (κ2) is 4.57. The second-order valence-electron chi connectivity index (χ2n) is 4.71. The van der Waals surface area contributed by atoms with E-state index in [4.69, 9.17) is 5.11 Å². The first-order chi connectivity index (χ1) is 8.04. The molecule has 0 fully saturated rings. The first kappa shape index (κ1) is 11.6. The van der Waals surface area contributed by atoms with Crippen molar-refractivity contribution in [3.8, 4) is 0 Å². The molecule has 0 bridgehead atoms. The summed E-state index contributed by atoms with van der Waals surface area (Å²) < 4.78 is 1.92. The van der Waals surface area contributed by atoms with Crippen molar-refractivity contribution in [2.45, 2.75) is 26.8 Å². The number of carboxylic acids is 1. The fourth-order valence-electron chi connectivity index (χ4n) is 1.88. The van der Waals surface area contributed by atoms with Crippen molar-refractivity contribution < 1.29 is 9.90 Å². The summed E-state index contributed by atoms with van der Waals surface area (Å²) in [5, 5.41) is 14.2. The predicted molar refractivity (Wildman–Crippen MR) is 65.9 cm³/mol. The first-order valence-electron chi connectivity index (χ1n) is 5.72. The number of carbonyl (C=O) groups is 1. The van der Waals surface area contributed by atoms with Gasteiger partial charge in [0.2, 0.25) is 0 Å². The number of aromatic nitrogens is 2. The molecule has 0 radical (unpaired) electrons. The van der Waals surface area contributed by atoms with Crippen LogP contribution in [0.15, 0.2) is 24.4 Å². The van der Waals surface area contributed by atoms with Crippen LogP contribution in [0.3, 0.4) is 0 Å². The fourth-order valence-corrected chi connectivity index (χ4v) is 1.88. The number of fused-ring (bicyclic) bond motifs is 1. The van der Waals surface area contributed by atoms with E-state index in [-0.39, 0.29) is 6.42 Å². The third kappa shape index (κ3) is 2.84. The second-order valence-corrected chi connectivity index (χ2v) is 4.71. The summed E-state index contributed by atoms with van der Waals surface area (Å²) in [4.78, 5) is 10.6. The van der Waals surface area contributed by atoms with Crippen molar-refractivity contribution in [2.24, 2.45) is 5.92 Å². The van der Waals surface area contributed by atoms with E-state index >= 15 is 0 Å². The molecule has 0 spiro atoms. The van der Waals surface area contributed by atoms with Gasteiger partial charge in [-0.15, -0.1) is 0 Å². The summed E-state index contributed by atoms with van der Waals surface area (Å²) in [5.74, 6) is -0.262. The van der Waals surface area contributed by atoms with Gasteiger partial charge in [-0.25, -0.2) is 0 Å². The SMILES string of the molecule is CC(C)Cn1cc2cc(CC(=O)O)ccc2n1. The van der Waals surface area contributed by atoms with Gasteiger partial charge in [-0.1, -0.05) is 19.9 Å². The quantitative estimate of drug-likeness (QED) is 0.880. The number of rotatable bonds is 4. The Bertz CT molecular complexity index is 543. The lowest BCUT2D eigenvalue weighted by Gasteiger charge is -2.02. The van der Waals surface area contributed by atoms with Gasteiger partial charge in [0.25, 0.3) is 0 Å². The van der Waals surface area contributed by atoms with E-state index in [2.05, 4.69) is 18.9 Å². The smallest absolute Gasteiger partial charge is 0.307 e. The molecule has 1 aromatic carbocycles. The van der Waals surface area contributed by atoms with Crippen LogP contribution in [0.1, 0.15) is 19.4 Å². The van der Waals surface area contributed by atoms with Crippen LogP contribution in [0.4, 0.5) is 0 Å². The molecule has 2 rings (SSSR count). The topological polar surface area (TPSA) is 55.1 Å². The Labute approximate surface area is 99.9 Å². The number of nitrogens with zero attached hydrogens (tertiary/aromatic N) is 2. The van der Waals surface area contributed by atoms with Gasteiger partial charge in [0, 0.05) is 18.1 Å². The van der Waals surface area contributed by atoms with E-state index in [0.29, 0.717) is 5.92 Å². The average molecular weight is 232 g/mol. The summed E-state index contributed by atoms with van der Waals surface area (Å²) in [6.45, 7) is 5.16. The Morgan fingerprint density at radius 3 is 2.88 bits per heavy atom. The average Bonchev–Trinajstić information content (AvgIpc) is 2.56. The zero-order valence-electron chi connectivity index (χ0n) is 10.1. The minimum atomic E-state index is -0.807. The van der Waals surface area contributed by atoms with Gasteiger partial charge in [0.05, 0.1) is 11.9 Å². The van der Waals surface area contributed by atoms with Crippen LogP contribution in [0.2, 0.25) is 0 Å². The van der Waals surface area contributed by atoms with Crippen LogP contribution in [-0.2, 0) is 17.8 Å². The molecule has 1 N–H and O–H groups in total. The Hall–Kier alpha value is -1.84. The lowest BCUT2D eigenvalue weighted by Crippen LogP contribution is -2.04. The van der Waals surface area contributed by atoms with Gasteiger partial charge in [0.1, 0.15) is 0 Å². The molecule has 1 heterocycles. The van der Waals surface area contributed by atoms with Gasteiger partial charge >= 0.3 is 5.97 Å². The number of benzene rings is 1. The minimum absolute atomic E-state index is 0.0608. The lowest BCUT2D eigenvalue weighted by molar-refractivity contribution is -0.136. The van der Waals surface area contributed by atoms with Crippen molar-refractivity contribution in [3.05, 3.63) is 30.0 Å². The Balaban J connectivity index is 2.30. The summed E-state index contributed by atoms with van der Waals surface area (Å²) in [5.41, 5.74) is 1.73. The predicted octanol–water partition coefficient (Wildman–Crippen LogP) is 2.32. The van der Waals surface area contributed by atoms with Gasteiger partial charge in [-0.05, 0) is 23.6 Å². The van der Waals surface area contributed by atoms with Crippen LogP contribution < -0.4 is 0 Å². The van der Waals surface area contributed by atoms with E-state index in [9.17, 15) is 4.79 Å². The van der Waals surface area contributed by atoms with Gasteiger partial charge in [-0.3, -0.25) is 9.48 Å². The van der Waals surface area contributed by atoms with E-state index in [1.807, 2.05) is 29.1 Å². The lowest BCUT2D eigenvalue weighted by atomic mass is 10.1. The van der Waals surface area contributed by atoms with Crippen molar-refractivity contribution in [1.29, 1.82) is 0 Å². The third-order valence-electron chi connectivity index (χ3n) is 2.52. The number of carboxylic acid groups (broad SMARTS) is 1. The minimum Gasteiger partial charge on any atom is -0.481 e. The molecule has 2 aromatic rings. The summed E-state index contributed by atoms with van der Waals surface area (Å²) in [6, 6.07) is 5.60. The monoisotopic (exact) mass is 232 g/mol. The molecule has 0 atom stereocenters. The van der Waals surface area contributed by atoms with Crippen LogP contribution in [0.5, 0.6) is 0 Å². The highest BCUT2D eigenvalue weighted by Gasteiger charge is 2.05. The van der Waals surface area contributed by atoms with Crippen LogP contribution in [-0.4, -0.2) is 20.9 Å². The Morgan fingerprint density at radius 2 is 2.24 bits per heavy atom. The zero-order valence-corrected chi connectivity index (χ0v) is 10.1. The normalized spacial score (nSPS) is 11.2. The first-order valence-corrected chi connectivity index (χ1v) is 5.72. The molecule has 4 nitrogen and oxygen atoms in total. The highest BCUT2D eigenvalue weighted by molar-refractivity contribution is 5.80. The Morgan fingerprint density at radius 1 is 1.47 bits per heavy atom. The molecule has 0 unspecified atom stereocenters. The van der Waals surface area contributed by atoms with Crippen molar-refractivity contribution in [3.63, 3.8) is 0 Å². The molecule has 1 aromatic heterocycles. The van der Waals surface area contributed by atoms with Crippen LogP contribution in [0.25, 0.3) is 10.9 Å². The van der Waals surface area contributed by atoms with Crippen molar-refractivity contribution in [1.82, 2.24) is 9.78 Å². The molecule has 0 amide bonds. The zero-order chi connectivity index (χ0) is 12.4. The highest BCUT2D eigenvalue weighted by Crippen LogP contribution is 2.15. The highest BCUT2D eigenvalue weighted by atomic mass is 16.4. The van der Waals surface area contributed by atoms with Crippen LogP contribution >= 0.6 is 0 Å². The summed E-state index contributed by atoms with van der Waals surface area (Å²) in [7, 11) is 0. The fraction of sp³-hybridized carbons (Fsp3) is 0.385. The number of aliphatic carboxylic acids is 1. The molecule has 0 aliphatic rings. The van der Waals surface area contributed by atoms with Gasteiger partial charge in [-0.2, -0.15) is 5.10 Å². The molecule has 0 aliphatic carbocycles. The molecular formula is C13H16N2O2. The number of hydrogen-bond acceptors (Lipinski definition) is 2. The van der Waals surface area contributed by atoms with E-state index in [0.717, 1.165) is 23.0 Å². The van der Waals surface area contributed by atoms with Gasteiger partial charge < -0.3 is 5.11 Å². The molecule has 0 saturated carbocycles. The van der Waals surface area contributed by atoms with E-state index < -0.39 is 5.97 Å². The van der Waals surface area contributed by atoms with Gasteiger partial charge in [0.15, 0.2) is 0 Å². The maximum atomic E-state index is 10.6. The van der Waals surface area contributed by atoms with Crippen molar-refractivity contribution in [2.75, 3.05) is 0 Å². The third-order valence-corrected chi connectivity index (χ3v) is 2.52. The maximum Gasteiger partial charge on any atom is 0.307 e. The van der Waals surface area contributed by atoms with Crippen molar-refractivity contribution >= 4 is 16.9 Å².